The van der Waals surface area contributed by atoms with Gasteiger partial charge in [0, 0.05) is 23.3 Å². The first-order chi connectivity index (χ1) is 11.3. The van der Waals surface area contributed by atoms with Crippen LogP contribution in [-0.2, 0) is 6.42 Å². The molecule has 0 atom stereocenters. The number of rotatable bonds is 6. The number of aromatic nitrogens is 1. The summed E-state index contributed by atoms with van der Waals surface area (Å²) in [6.07, 6.45) is 8.31. The lowest BCUT2D eigenvalue weighted by Gasteiger charge is -2.09. The summed E-state index contributed by atoms with van der Waals surface area (Å²) < 4.78 is 0. The molecular formula is C20H22N2O. The topological polar surface area (TPSA) is 59.1 Å². The van der Waals surface area contributed by atoms with Crippen LogP contribution in [0.4, 0.5) is 0 Å². The maximum absolute atomic E-state index is 9.48. The van der Waals surface area contributed by atoms with E-state index in [0.29, 0.717) is 0 Å². The predicted octanol–water partition coefficient (Wildman–Crippen LogP) is 4.28. The van der Waals surface area contributed by atoms with Crippen LogP contribution in [0.25, 0.3) is 21.9 Å². The van der Waals surface area contributed by atoms with E-state index in [4.69, 9.17) is 5.73 Å². The molecular weight excluding hydrogens is 284 g/mol. The van der Waals surface area contributed by atoms with Gasteiger partial charge in [-0.1, -0.05) is 36.8 Å². The van der Waals surface area contributed by atoms with Crippen LogP contribution < -0.4 is 5.73 Å². The summed E-state index contributed by atoms with van der Waals surface area (Å²) in [5.41, 5.74) is 9.07. The van der Waals surface area contributed by atoms with Crippen molar-refractivity contribution in [2.75, 3.05) is 6.54 Å². The van der Waals surface area contributed by atoms with Gasteiger partial charge >= 0.3 is 0 Å². The summed E-state index contributed by atoms with van der Waals surface area (Å²) in [4.78, 5) is 4.35. The maximum Gasteiger partial charge on any atom is 0.115 e. The largest absolute Gasteiger partial charge is 0.508 e. The van der Waals surface area contributed by atoms with Crippen LogP contribution in [0.15, 0.2) is 54.9 Å². The molecule has 0 unspecified atom stereocenters. The highest BCUT2D eigenvalue weighted by molar-refractivity contribution is 5.96. The number of nitrogens with zero attached hydrogens (tertiary/aromatic N) is 1. The van der Waals surface area contributed by atoms with Crippen molar-refractivity contribution in [1.82, 2.24) is 4.98 Å². The highest BCUT2D eigenvalue weighted by atomic mass is 16.3. The highest BCUT2D eigenvalue weighted by Crippen LogP contribution is 2.29. The Kier molecular flexibility index (Phi) is 4.89. The molecule has 3 heteroatoms. The number of phenolic OH excluding ortho intramolecular Hbond substituents is 1. The van der Waals surface area contributed by atoms with Crippen LogP contribution in [0.2, 0.25) is 0 Å². The molecule has 0 aliphatic rings. The van der Waals surface area contributed by atoms with Crippen molar-refractivity contribution in [2.24, 2.45) is 5.73 Å². The minimum absolute atomic E-state index is 0.280. The molecule has 0 spiro atoms. The molecule has 0 aliphatic carbocycles. The fraction of sp³-hybridized carbons (Fsp3) is 0.250. The standard InChI is InChI=1S/C20H22N2O/c21-11-3-1-2-4-15-5-6-17-13-22-14-20(19(17)12-15)16-7-9-18(23)10-8-16/h5-10,12-14,23H,1-4,11,21H2. The Balaban J connectivity index is 1.93. The number of benzene rings is 2. The molecule has 0 bridgehead atoms. The van der Waals surface area contributed by atoms with Gasteiger partial charge < -0.3 is 10.8 Å². The zero-order chi connectivity index (χ0) is 16.1. The SMILES string of the molecule is NCCCCCc1ccc2cncc(-c3ccc(O)cc3)c2c1. The number of nitrogens with two attached hydrogens (primary N) is 1. The summed E-state index contributed by atoms with van der Waals surface area (Å²) in [7, 11) is 0. The van der Waals surface area contributed by atoms with Gasteiger partial charge in [0.1, 0.15) is 5.75 Å². The van der Waals surface area contributed by atoms with Crippen molar-refractivity contribution in [3.05, 3.63) is 60.4 Å². The van der Waals surface area contributed by atoms with E-state index in [1.807, 2.05) is 24.5 Å². The quantitative estimate of drug-likeness (QED) is 0.668. The Hall–Kier alpha value is -2.39. The molecule has 0 saturated heterocycles. The molecule has 0 amide bonds. The van der Waals surface area contributed by atoms with Crippen molar-refractivity contribution in [3.8, 4) is 16.9 Å². The summed E-state index contributed by atoms with van der Waals surface area (Å²) in [5, 5.41) is 11.8. The van der Waals surface area contributed by atoms with Crippen molar-refractivity contribution < 1.29 is 5.11 Å². The fourth-order valence-electron chi connectivity index (χ4n) is 2.89. The third kappa shape index (κ3) is 3.69. The number of pyridine rings is 1. The van der Waals surface area contributed by atoms with E-state index in [1.54, 1.807) is 12.1 Å². The average molecular weight is 306 g/mol. The molecule has 3 N–H and O–H groups in total. The lowest BCUT2D eigenvalue weighted by atomic mass is 9.97. The molecule has 2 aromatic carbocycles. The molecule has 0 saturated carbocycles. The first-order valence-corrected chi connectivity index (χ1v) is 8.14. The number of hydrogen-bond donors (Lipinski definition) is 2. The molecule has 3 aromatic rings. The fourth-order valence-corrected chi connectivity index (χ4v) is 2.89. The predicted molar refractivity (Wildman–Crippen MR) is 95.5 cm³/mol. The second-order valence-electron chi connectivity index (χ2n) is 5.89. The van der Waals surface area contributed by atoms with Gasteiger partial charge in [-0.2, -0.15) is 0 Å². The highest BCUT2D eigenvalue weighted by Gasteiger charge is 2.06. The van der Waals surface area contributed by atoms with Gasteiger partial charge in [-0.15, -0.1) is 0 Å². The molecule has 0 aliphatic heterocycles. The zero-order valence-corrected chi connectivity index (χ0v) is 13.2. The Morgan fingerprint density at radius 3 is 2.52 bits per heavy atom. The molecule has 0 fully saturated rings. The van der Waals surface area contributed by atoms with Crippen molar-refractivity contribution >= 4 is 10.8 Å². The zero-order valence-electron chi connectivity index (χ0n) is 13.2. The number of hydrogen-bond acceptors (Lipinski definition) is 3. The molecule has 0 radical (unpaired) electrons. The van der Waals surface area contributed by atoms with E-state index in [2.05, 4.69) is 23.2 Å². The summed E-state index contributed by atoms with van der Waals surface area (Å²) in [6.45, 7) is 0.772. The molecule has 23 heavy (non-hydrogen) atoms. The van der Waals surface area contributed by atoms with Gasteiger partial charge in [-0.05, 0) is 54.5 Å². The van der Waals surface area contributed by atoms with E-state index in [0.717, 1.165) is 35.9 Å². The van der Waals surface area contributed by atoms with Crippen LogP contribution in [-0.4, -0.2) is 16.6 Å². The minimum atomic E-state index is 0.280. The lowest BCUT2D eigenvalue weighted by molar-refractivity contribution is 0.475. The molecule has 118 valence electrons. The third-order valence-electron chi connectivity index (χ3n) is 4.17. The maximum atomic E-state index is 9.48. The van der Waals surface area contributed by atoms with Crippen LogP contribution in [0.1, 0.15) is 24.8 Å². The Labute approximate surface area is 136 Å². The second-order valence-corrected chi connectivity index (χ2v) is 5.89. The van der Waals surface area contributed by atoms with Crippen molar-refractivity contribution in [3.63, 3.8) is 0 Å². The van der Waals surface area contributed by atoms with Crippen LogP contribution in [0.3, 0.4) is 0 Å². The smallest absolute Gasteiger partial charge is 0.115 e. The minimum Gasteiger partial charge on any atom is -0.508 e. The van der Waals surface area contributed by atoms with E-state index in [1.165, 1.54) is 23.8 Å². The average Bonchev–Trinajstić information content (AvgIpc) is 2.59. The number of aromatic hydroxyl groups is 1. The normalized spacial score (nSPS) is 11.0. The Bertz CT molecular complexity index is 781. The van der Waals surface area contributed by atoms with E-state index in [-0.39, 0.29) is 5.75 Å². The third-order valence-corrected chi connectivity index (χ3v) is 4.17. The van der Waals surface area contributed by atoms with E-state index >= 15 is 0 Å². The van der Waals surface area contributed by atoms with E-state index in [9.17, 15) is 5.11 Å². The first kappa shape index (κ1) is 15.5. The summed E-state index contributed by atoms with van der Waals surface area (Å²) in [6, 6.07) is 13.9. The number of phenols is 1. The van der Waals surface area contributed by atoms with Crippen LogP contribution in [0, 0.1) is 0 Å². The second kappa shape index (κ2) is 7.25. The molecule has 3 rings (SSSR count). The lowest BCUT2D eigenvalue weighted by Crippen LogP contribution is -1.98. The molecule has 1 heterocycles. The van der Waals surface area contributed by atoms with Gasteiger partial charge in [0.25, 0.3) is 0 Å². The monoisotopic (exact) mass is 306 g/mol. The van der Waals surface area contributed by atoms with Gasteiger partial charge in [-0.25, -0.2) is 0 Å². The Morgan fingerprint density at radius 2 is 1.74 bits per heavy atom. The molecule has 3 nitrogen and oxygen atoms in total. The number of aryl methyl sites for hydroxylation is 1. The molecule has 1 aromatic heterocycles. The van der Waals surface area contributed by atoms with Crippen LogP contribution in [0.5, 0.6) is 5.75 Å². The van der Waals surface area contributed by atoms with Gasteiger partial charge in [-0.3, -0.25) is 4.98 Å². The number of unbranched alkanes of at least 4 members (excludes halogenated alkanes) is 2. The Morgan fingerprint density at radius 1 is 0.913 bits per heavy atom. The summed E-state index contributed by atoms with van der Waals surface area (Å²) >= 11 is 0. The first-order valence-electron chi connectivity index (χ1n) is 8.14. The van der Waals surface area contributed by atoms with Gasteiger partial charge in [0.15, 0.2) is 0 Å². The van der Waals surface area contributed by atoms with Gasteiger partial charge in [0.05, 0.1) is 0 Å². The van der Waals surface area contributed by atoms with Crippen molar-refractivity contribution in [2.45, 2.75) is 25.7 Å². The van der Waals surface area contributed by atoms with Crippen molar-refractivity contribution in [1.29, 1.82) is 0 Å². The summed E-state index contributed by atoms with van der Waals surface area (Å²) in [5.74, 6) is 0.280. The van der Waals surface area contributed by atoms with E-state index < -0.39 is 0 Å². The number of fused-ring (bicyclic) bond motifs is 1. The van der Waals surface area contributed by atoms with Gasteiger partial charge in [0.2, 0.25) is 0 Å². The van der Waals surface area contributed by atoms with Crippen LogP contribution >= 0.6 is 0 Å².